The number of nitroso groups, excluding NO2 is 1. The van der Waals surface area contributed by atoms with Gasteiger partial charge in [0.25, 0.3) is 0 Å². The van der Waals surface area contributed by atoms with Crippen LogP contribution in [0, 0.1) is 4.91 Å². The predicted molar refractivity (Wildman–Crippen MR) is 41.2 cm³/mol. The van der Waals surface area contributed by atoms with Gasteiger partial charge in [-0.1, -0.05) is 0 Å². The standard InChI is InChI=1S/C5H8N2O3S/c1-5(7-10)6-3(2-11-5)4(8)9/h3,6H,2H2,1H3,(H,8,9). The minimum absolute atomic E-state index is 0.386. The Morgan fingerprint density at radius 2 is 2.55 bits per heavy atom. The van der Waals surface area contributed by atoms with Gasteiger partial charge in [-0.2, -0.15) is 0 Å². The molecule has 11 heavy (non-hydrogen) atoms. The van der Waals surface area contributed by atoms with E-state index in [1.165, 1.54) is 11.8 Å². The predicted octanol–water partition coefficient (Wildman–Crippen LogP) is 0.216. The Labute approximate surface area is 67.5 Å². The Morgan fingerprint density at radius 3 is 2.82 bits per heavy atom. The average molecular weight is 176 g/mol. The fraction of sp³-hybridized carbons (Fsp3) is 0.800. The van der Waals surface area contributed by atoms with E-state index >= 15 is 0 Å². The highest BCUT2D eigenvalue weighted by Gasteiger charge is 2.39. The van der Waals surface area contributed by atoms with Crippen molar-refractivity contribution >= 4 is 17.7 Å². The highest BCUT2D eigenvalue weighted by Crippen LogP contribution is 2.30. The highest BCUT2D eigenvalue weighted by molar-refractivity contribution is 8.00. The Kier molecular flexibility index (Phi) is 2.15. The first kappa shape index (κ1) is 8.48. The van der Waals surface area contributed by atoms with Gasteiger partial charge in [-0.15, -0.1) is 16.7 Å². The van der Waals surface area contributed by atoms with E-state index in [2.05, 4.69) is 10.5 Å². The normalized spacial score (nSPS) is 37.0. The van der Waals surface area contributed by atoms with Gasteiger partial charge in [0.2, 0.25) is 0 Å². The van der Waals surface area contributed by atoms with Gasteiger partial charge in [0.15, 0.2) is 4.99 Å². The number of carboxylic acid groups (broad SMARTS) is 1. The molecule has 2 unspecified atom stereocenters. The van der Waals surface area contributed by atoms with Crippen molar-refractivity contribution < 1.29 is 9.90 Å². The summed E-state index contributed by atoms with van der Waals surface area (Å²) < 4.78 is 0. The van der Waals surface area contributed by atoms with Crippen LogP contribution >= 0.6 is 11.8 Å². The lowest BCUT2D eigenvalue weighted by atomic mass is 10.3. The van der Waals surface area contributed by atoms with Gasteiger partial charge < -0.3 is 5.11 Å². The summed E-state index contributed by atoms with van der Waals surface area (Å²) in [6.07, 6.45) is 0. The number of hydrogen-bond acceptors (Lipinski definition) is 5. The second-order valence-electron chi connectivity index (χ2n) is 2.42. The molecule has 0 aliphatic carbocycles. The molecule has 0 saturated carbocycles. The van der Waals surface area contributed by atoms with Crippen LogP contribution in [0.5, 0.6) is 0 Å². The largest absolute Gasteiger partial charge is 0.480 e. The SMILES string of the molecule is CC1(N=O)NC(C(=O)O)CS1. The Balaban J connectivity index is 2.59. The van der Waals surface area contributed by atoms with Crippen LogP contribution in [-0.2, 0) is 4.79 Å². The van der Waals surface area contributed by atoms with Crippen molar-refractivity contribution in [3.63, 3.8) is 0 Å². The molecule has 1 rings (SSSR count). The molecule has 0 aromatic rings. The molecule has 1 saturated heterocycles. The molecule has 1 heterocycles. The maximum Gasteiger partial charge on any atom is 0.321 e. The Bertz CT molecular complexity index is 198. The third kappa shape index (κ3) is 1.69. The van der Waals surface area contributed by atoms with Crippen molar-refractivity contribution in [1.82, 2.24) is 5.32 Å². The van der Waals surface area contributed by atoms with Crippen LogP contribution in [0.15, 0.2) is 5.18 Å². The topological polar surface area (TPSA) is 78.8 Å². The fourth-order valence-corrected chi connectivity index (χ4v) is 1.83. The lowest BCUT2D eigenvalue weighted by molar-refractivity contribution is -0.138. The van der Waals surface area contributed by atoms with Gasteiger partial charge in [0.05, 0.1) is 0 Å². The average Bonchev–Trinajstić information content (AvgIpc) is 2.33. The van der Waals surface area contributed by atoms with E-state index in [-0.39, 0.29) is 0 Å². The molecule has 6 heteroatoms. The summed E-state index contributed by atoms with van der Waals surface area (Å²) in [4.78, 5) is 19.6. The van der Waals surface area contributed by atoms with Crippen LogP contribution < -0.4 is 5.32 Å². The molecule has 2 atom stereocenters. The maximum atomic E-state index is 10.4. The Morgan fingerprint density at radius 1 is 1.91 bits per heavy atom. The zero-order valence-corrected chi connectivity index (χ0v) is 6.72. The number of rotatable bonds is 2. The molecule has 0 radical (unpaired) electrons. The molecule has 1 aliphatic heterocycles. The molecule has 0 amide bonds. The Hall–Kier alpha value is -0.620. The van der Waals surface area contributed by atoms with Gasteiger partial charge in [-0.25, -0.2) is 0 Å². The number of nitrogens with one attached hydrogen (secondary N) is 1. The first-order valence-corrected chi connectivity index (χ1v) is 4.05. The summed E-state index contributed by atoms with van der Waals surface area (Å²) in [6.45, 7) is 1.56. The number of hydrogen-bond donors (Lipinski definition) is 2. The molecule has 0 aromatic carbocycles. The molecular formula is C5H8N2O3S. The first-order chi connectivity index (χ1) is 5.07. The van der Waals surface area contributed by atoms with E-state index in [4.69, 9.17) is 5.11 Å². The van der Waals surface area contributed by atoms with E-state index in [9.17, 15) is 9.70 Å². The van der Waals surface area contributed by atoms with Gasteiger partial charge in [-0.05, 0) is 12.1 Å². The number of nitrogens with zero attached hydrogens (tertiary/aromatic N) is 1. The minimum atomic E-state index is -0.955. The molecule has 1 fully saturated rings. The second kappa shape index (κ2) is 2.78. The van der Waals surface area contributed by atoms with Crippen molar-refractivity contribution in [3.8, 4) is 0 Å². The van der Waals surface area contributed by atoms with E-state index in [0.717, 1.165) is 0 Å². The fourth-order valence-electron chi connectivity index (χ4n) is 0.838. The summed E-state index contributed by atoms with van der Waals surface area (Å²) in [5, 5.41) is 13.9. The van der Waals surface area contributed by atoms with Crippen LogP contribution in [0.4, 0.5) is 0 Å². The summed E-state index contributed by atoms with van der Waals surface area (Å²) in [6, 6.07) is -0.650. The van der Waals surface area contributed by atoms with Gasteiger partial charge in [-0.3, -0.25) is 10.1 Å². The lowest BCUT2D eigenvalue weighted by Gasteiger charge is -2.12. The second-order valence-corrected chi connectivity index (χ2v) is 3.84. The van der Waals surface area contributed by atoms with Crippen molar-refractivity contribution in [2.45, 2.75) is 18.0 Å². The molecule has 2 N–H and O–H groups in total. The molecule has 0 aromatic heterocycles. The van der Waals surface area contributed by atoms with Crippen molar-refractivity contribution in [1.29, 1.82) is 0 Å². The van der Waals surface area contributed by atoms with E-state index in [0.29, 0.717) is 5.75 Å². The summed E-state index contributed by atoms with van der Waals surface area (Å²) >= 11 is 1.21. The van der Waals surface area contributed by atoms with Crippen molar-refractivity contribution in [2.24, 2.45) is 5.18 Å². The minimum Gasteiger partial charge on any atom is -0.480 e. The van der Waals surface area contributed by atoms with Gasteiger partial charge >= 0.3 is 5.97 Å². The number of thioether (sulfide) groups is 1. The highest BCUT2D eigenvalue weighted by atomic mass is 32.2. The van der Waals surface area contributed by atoms with E-state index in [1.54, 1.807) is 6.92 Å². The zero-order chi connectivity index (χ0) is 8.48. The van der Waals surface area contributed by atoms with E-state index in [1.807, 2.05) is 0 Å². The smallest absolute Gasteiger partial charge is 0.321 e. The van der Waals surface area contributed by atoms with Crippen LogP contribution in [0.3, 0.4) is 0 Å². The van der Waals surface area contributed by atoms with Crippen molar-refractivity contribution in [3.05, 3.63) is 4.91 Å². The van der Waals surface area contributed by atoms with Crippen LogP contribution in [-0.4, -0.2) is 27.9 Å². The van der Waals surface area contributed by atoms with Crippen LogP contribution in [0.25, 0.3) is 0 Å². The number of carbonyl (C=O) groups is 1. The molecule has 62 valence electrons. The summed E-state index contributed by atoms with van der Waals surface area (Å²) in [7, 11) is 0. The van der Waals surface area contributed by atoms with Gasteiger partial charge in [0.1, 0.15) is 6.04 Å². The van der Waals surface area contributed by atoms with Crippen LogP contribution in [0.1, 0.15) is 6.92 Å². The quantitative estimate of drug-likeness (QED) is 0.588. The van der Waals surface area contributed by atoms with Crippen LogP contribution in [0.2, 0.25) is 0 Å². The van der Waals surface area contributed by atoms with E-state index < -0.39 is 17.0 Å². The lowest BCUT2D eigenvalue weighted by Crippen LogP contribution is -2.41. The van der Waals surface area contributed by atoms with Gasteiger partial charge in [0, 0.05) is 5.75 Å². The number of carboxylic acids is 1. The maximum absolute atomic E-state index is 10.4. The molecule has 5 nitrogen and oxygen atoms in total. The molecular weight excluding hydrogens is 168 g/mol. The third-order valence-electron chi connectivity index (χ3n) is 1.45. The monoisotopic (exact) mass is 176 g/mol. The zero-order valence-electron chi connectivity index (χ0n) is 5.90. The molecule has 0 bridgehead atoms. The number of aliphatic carboxylic acids is 1. The summed E-state index contributed by atoms with van der Waals surface area (Å²) in [5.74, 6) is -0.553. The van der Waals surface area contributed by atoms with Crippen molar-refractivity contribution in [2.75, 3.05) is 5.75 Å². The first-order valence-electron chi connectivity index (χ1n) is 3.06. The third-order valence-corrected chi connectivity index (χ3v) is 2.70. The summed E-state index contributed by atoms with van der Waals surface area (Å²) in [5.41, 5.74) is 0. The molecule has 0 spiro atoms. The molecule has 1 aliphatic rings.